The Hall–Kier alpha value is -0.0800. The van der Waals surface area contributed by atoms with Gasteiger partial charge < -0.3 is 10.0 Å². The van der Waals surface area contributed by atoms with E-state index in [0.29, 0.717) is 5.92 Å². The predicted molar refractivity (Wildman–Crippen MR) is 81.2 cm³/mol. The average Bonchev–Trinajstić information content (AvgIpc) is 2.37. The molecule has 0 spiro atoms. The zero-order chi connectivity index (χ0) is 13.9. The van der Waals surface area contributed by atoms with Gasteiger partial charge in [0.05, 0.1) is 6.10 Å². The first-order chi connectivity index (χ1) is 9.04. The molecule has 19 heavy (non-hydrogen) atoms. The average molecular weight is 267 g/mol. The van der Waals surface area contributed by atoms with Crippen LogP contribution < -0.4 is 0 Å². The number of nitrogens with zero attached hydrogens (tertiary/aromatic N) is 1. The standard InChI is InChI=1S/C17H33NO/c1-4-8-15-10-5-6-12-18(15)13-14-9-7-11-17(2,3)16(14)19/h14-16,19H,4-13H2,1-3H3. The lowest BCUT2D eigenvalue weighted by Crippen LogP contribution is -2.48. The van der Waals surface area contributed by atoms with Gasteiger partial charge >= 0.3 is 0 Å². The second-order valence-corrected chi connectivity index (χ2v) is 7.52. The Morgan fingerprint density at radius 2 is 1.95 bits per heavy atom. The third-order valence-electron chi connectivity index (χ3n) is 5.48. The van der Waals surface area contributed by atoms with Crippen LogP contribution in [0.4, 0.5) is 0 Å². The van der Waals surface area contributed by atoms with E-state index in [2.05, 4.69) is 25.7 Å². The van der Waals surface area contributed by atoms with Crippen molar-refractivity contribution in [1.82, 2.24) is 4.90 Å². The Kier molecular flexibility index (Phi) is 5.30. The highest BCUT2D eigenvalue weighted by atomic mass is 16.3. The van der Waals surface area contributed by atoms with Gasteiger partial charge in [0.1, 0.15) is 0 Å². The van der Waals surface area contributed by atoms with E-state index in [1.807, 2.05) is 0 Å². The van der Waals surface area contributed by atoms with Gasteiger partial charge in [0.2, 0.25) is 0 Å². The van der Waals surface area contributed by atoms with Crippen LogP contribution in [0.3, 0.4) is 0 Å². The summed E-state index contributed by atoms with van der Waals surface area (Å²) >= 11 is 0. The van der Waals surface area contributed by atoms with Gasteiger partial charge in [-0.3, -0.25) is 0 Å². The quantitative estimate of drug-likeness (QED) is 0.837. The van der Waals surface area contributed by atoms with Gasteiger partial charge in [0.25, 0.3) is 0 Å². The maximum atomic E-state index is 10.6. The Morgan fingerprint density at radius 1 is 1.16 bits per heavy atom. The van der Waals surface area contributed by atoms with Crippen molar-refractivity contribution in [3.63, 3.8) is 0 Å². The van der Waals surface area contributed by atoms with Crippen LogP contribution in [0.1, 0.15) is 72.1 Å². The fourth-order valence-electron chi connectivity index (χ4n) is 4.22. The summed E-state index contributed by atoms with van der Waals surface area (Å²) in [6, 6.07) is 0.788. The minimum Gasteiger partial charge on any atom is -0.392 e. The molecule has 0 aromatic rings. The van der Waals surface area contributed by atoms with E-state index in [9.17, 15) is 5.11 Å². The van der Waals surface area contributed by atoms with Gasteiger partial charge in [0.15, 0.2) is 0 Å². The summed E-state index contributed by atoms with van der Waals surface area (Å²) < 4.78 is 0. The maximum Gasteiger partial charge on any atom is 0.0631 e. The molecule has 1 saturated carbocycles. The molecule has 2 heteroatoms. The molecule has 112 valence electrons. The van der Waals surface area contributed by atoms with Crippen LogP contribution in [-0.4, -0.2) is 35.2 Å². The van der Waals surface area contributed by atoms with Crippen LogP contribution in [0.5, 0.6) is 0 Å². The van der Waals surface area contributed by atoms with Crippen molar-refractivity contribution in [2.24, 2.45) is 11.3 Å². The zero-order valence-corrected chi connectivity index (χ0v) is 13.2. The van der Waals surface area contributed by atoms with Gasteiger partial charge in [0, 0.05) is 12.6 Å². The molecule has 0 radical (unpaired) electrons. The minimum atomic E-state index is -0.106. The minimum absolute atomic E-state index is 0.106. The summed E-state index contributed by atoms with van der Waals surface area (Å²) in [5, 5.41) is 10.6. The molecule has 0 aromatic carbocycles. The van der Waals surface area contributed by atoms with Crippen LogP contribution in [-0.2, 0) is 0 Å². The fourth-order valence-corrected chi connectivity index (χ4v) is 4.22. The van der Waals surface area contributed by atoms with E-state index >= 15 is 0 Å². The Bertz CT molecular complexity index is 274. The lowest BCUT2D eigenvalue weighted by atomic mass is 9.69. The van der Waals surface area contributed by atoms with Gasteiger partial charge in [-0.1, -0.05) is 40.0 Å². The summed E-state index contributed by atoms with van der Waals surface area (Å²) in [5.74, 6) is 0.501. The molecule has 2 nitrogen and oxygen atoms in total. The van der Waals surface area contributed by atoms with Crippen molar-refractivity contribution in [3.8, 4) is 0 Å². The molecule has 0 amide bonds. The van der Waals surface area contributed by atoms with E-state index < -0.39 is 0 Å². The molecule has 2 rings (SSSR count). The van der Waals surface area contributed by atoms with Crippen LogP contribution in [0, 0.1) is 11.3 Å². The normalized spacial score (nSPS) is 36.3. The second kappa shape index (κ2) is 6.58. The number of rotatable bonds is 4. The van der Waals surface area contributed by atoms with Crippen molar-refractivity contribution >= 4 is 0 Å². The van der Waals surface area contributed by atoms with E-state index in [1.54, 1.807) is 0 Å². The summed E-state index contributed by atoms with van der Waals surface area (Å²) in [6.07, 6.45) is 10.4. The second-order valence-electron chi connectivity index (χ2n) is 7.52. The highest BCUT2D eigenvalue weighted by Gasteiger charge is 2.39. The first-order valence-electron chi connectivity index (χ1n) is 8.46. The lowest BCUT2D eigenvalue weighted by Gasteiger charge is -2.45. The Balaban J connectivity index is 1.94. The van der Waals surface area contributed by atoms with Crippen molar-refractivity contribution < 1.29 is 5.11 Å². The van der Waals surface area contributed by atoms with E-state index in [4.69, 9.17) is 0 Å². The summed E-state index contributed by atoms with van der Waals surface area (Å²) in [5.41, 5.74) is 0.124. The van der Waals surface area contributed by atoms with Crippen LogP contribution >= 0.6 is 0 Å². The molecule has 1 aliphatic heterocycles. The first kappa shape index (κ1) is 15.3. The van der Waals surface area contributed by atoms with Gasteiger partial charge in [-0.05, 0) is 50.0 Å². The van der Waals surface area contributed by atoms with Crippen LogP contribution in [0.15, 0.2) is 0 Å². The largest absolute Gasteiger partial charge is 0.392 e. The van der Waals surface area contributed by atoms with Crippen molar-refractivity contribution in [2.45, 2.75) is 84.3 Å². The van der Waals surface area contributed by atoms with Gasteiger partial charge in [-0.15, -0.1) is 0 Å². The number of hydrogen-bond acceptors (Lipinski definition) is 2. The molecular formula is C17H33NO. The predicted octanol–water partition coefficient (Wildman–Crippen LogP) is 3.83. The van der Waals surface area contributed by atoms with E-state index in [0.717, 1.165) is 12.6 Å². The van der Waals surface area contributed by atoms with Crippen molar-refractivity contribution in [3.05, 3.63) is 0 Å². The highest BCUT2D eigenvalue weighted by molar-refractivity contribution is 4.90. The monoisotopic (exact) mass is 267 g/mol. The van der Waals surface area contributed by atoms with Gasteiger partial charge in [-0.25, -0.2) is 0 Å². The number of piperidine rings is 1. The van der Waals surface area contributed by atoms with Crippen LogP contribution in [0.2, 0.25) is 0 Å². The van der Waals surface area contributed by atoms with Crippen molar-refractivity contribution in [1.29, 1.82) is 0 Å². The summed E-state index contributed by atoms with van der Waals surface area (Å²) in [4.78, 5) is 2.70. The molecule has 2 fully saturated rings. The molecule has 2 aliphatic rings. The zero-order valence-electron chi connectivity index (χ0n) is 13.2. The first-order valence-corrected chi connectivity index (χ1v) is 8.46. The third-order valence-corrected chi connectivity index (χ3v) is 5.48. The molecule has 1 heterocycles. The SMILES string of the molecule is CCCC1CCCCN1CC1CCCC(C)(C)C1O. The number of likely N-dealkylation sites (tertiary alicyclic amines) is 1. The summed E-state index contributed by atoms with van der Waals surface area (Å²) in [7, 11) is 0. The highest BCUT2D eigenvalue weighted by Crippen LogP contribution is 2.39. The Labute approximate surface area is 119 Å². The summed E-state index contributed by atoms with van der Waals surface area (Å²) in [6.45, 7) is 9.17. The van der Waals surface area contributed by atoms with Crippen molar-refractivity contribution in [2.75, 3.05) is 13.1 Å². The van der Waals surface area contributed by atoms with Crippen LogP contribution in [0.25, 0.3) is 0 Å². The molecule has 1 saturated heterocycles. The maximum absolute atomic E-state index is 10.6. The fraction of sp³-hybridized carbons (Fsp3) is 1.00. The molecule has 3 atom stereocenters. The number of aliphatic hydroxyl groups excluding tert-OH is 1. The molecule has 3 unspecified atom stereocenters. The third kappa shape index (κ3) is 3.72. The smallest absolute Gasteiger partial charge is 0.0631 e. The van der Waals surface area contributed by atoms with E-state index in [1.165, 1.54) is 57.9 Å². The number of hydrogen-bond donors (Lipinski definition) is 1. The molecule has 1 N–H and O–H groups in total. The lowest BCUT2D eigenvalue weighted by molar-refractivity contribution is -0.0500. The number of aliphatic hydroxyl groups is 1. The van der Waals surface area contributed by atoms with E-state index in [-0.39, 0.29) is 11.5 Å². The Morgan fingerprint density at radius 3 is 2.68 bits per heavy atom. The molecule has 1 aliphatic carbocycles. The molecular weight excluding hydrogens is 234 g/mol. The molecule has 0 aromatic heterocycles. The topological polar surface area (TPSA) is 23.5 Å². The van der Waals surface area contributed by atoms with Gasteiger partial charge in [-0.2, -0.15) is 0 Å². The molecule has 0 bridgehead atoms.